The highest BCUT2D eigenvalue weighted by Crippen LogP contribution is 2.07. The van der Waals surface area contributed by atoms with Gasteiger partial charge in [0.25, 0.3) is 5.56 Å². The number of hydrogen-bond acceptors (Lipinski definition) is 3. The first-order chi connectivity index (χ1) is 7.79. The van der Waals surface area contributed by atoms with Crippen LogP contribution in [0, 0.1) is 0 Å². The molecule has 0 radical (unpaired) electrons. The first-order valence-corrected chi connectivity index (χ1v) is 5.25. The molecule has 0 saturated carbocycles. The van der Waals surface area contributed by atoms with E-state index in [9.17, 15) is 4.79 Å². The van der Waals surface area contributed by atoms with Gasteiger partial charge in [-0.3, -0.25) is 4.79 Å². The topological polar surface area (TPSA) is 47.2 Å². The molecule has 1 N–H and O–H groups in total. The fourth-order valence-electron chi connectivity index (χ4n) is 1.48. The second-order valence-corrected chi connectivity index (χ2v) is 3.53. The van der Waals surface area contributed by atoms with Crippen molar-refractivity contribution >= 4 is 5.69 Å². The Balaban J connectivity index is 2.07. The van der Waals surface area contributed by atoms with Gasteiger partial charge in [-0.05, 0) is 19.1 Å². The smallest absolute Gasteiger partial charge is 0.250 e. The van der Waals surface area contributed by atoms with E-state index in [-0.39, 0.29) is 5.56 Å². The van der Waals surface area contributed by atoms with Gasteiger partial charge in [0.1, 0.15) is 0 Å². The van der Waals surface area contributed by atoms with E-state index in [0.717, 1.165) is 11.3 Å². The summed E-state index contributed by atoms with van der Waals surface area (Å²) in [6.07, 6.45) is 5.16. The number of rotatable bonds is 4. The van der Waals surface area contributed by atoms with E-state index < -0.39 is 0 Å². The molecular weight excluding hydrogens is 204 g/mol. The number of aryl methyl sites for hydroxylation is 1. The molecule has 0 unspecified atom stereocenters. The van der Waals surface area contributed by atoms with Crippen LogP contribution in [0.5, 0.6) is 0 Å². The Hall–Kier alpha value is -1.97. The molecule has 0 fully saturated rings. The Bertz CT molecular complexity index is 500. The summed E-state index contributed by atoms with van der Waals surface area (Å²) in [5, 5.41) is 3.23. The average Bonchev–Trinajstić information content (AvgIpc) is 2.81. The van der Waals surface area contributed by atoms with E-state index in [1.54, 1.807) is 29.2 Å². The van der Waals surface area contributed by atoms with Crippen LogP contribution in [0.1, 0.15) is 12.5 Å². The molecule has 4 nitrogen and oxygen atoms in total. The van der Waals surface area contributed by atoms with E-state index >= 15 is 0 Å². The molecule has 2 aromatic rings. The molecule has 0 spiro atoms. The van der Waals surface area contributed by atoms with Crippen LogP contribution in [0.15, 0.2) is 46.1 Å². The molecule has 4 heteroatoms. The zero-order valence-corrected chi connectivity index (χ0v) is 9.14. The number of nitrogens with zero attached hydrogens (tertiary/aromatic N) is 1. The molecular formula is C12H14N2O2. The first kappa shape index (κ1) is 10.5. The summed E-state index contributed by atoms with van der Waals surface area (Å²) in [6.45, 7) is 3.32. The SMILES string of the molecule is CCn1cc(NCc2ccoc2)ccc1=O. The van der Waals surface area contributed by atoms with E-state index in [1.165, 1.54) is 0 Å². The lowest BCUT2D eigenvalue weighted by Crippen LogP contribution is -2.17. The van der Waals surface area contributed by atoms with Gasteiger partial charge in [-0.25, -0.2) is 0 Å². The normalized spacial score (nSPS) is 10.3. The number of pyridine rings is 1. The number of hydrogen-bond donors (Lipinski definition) is 1. The Morgan fingerprint density at radius 1 is 1.38 bits per heavy atom. The van der Waals surface area contributed by atoms with Gasteiger partial charge in [-0.15, -0.1) is 0 Å². The zero-order chi connectivity index (χ0) is 11.4. The van der Waals surface area contributed by atoms with Gasteiger partial charge in [0, 0.05) is 30.9 Å². The zero-order valence-electron chi connectivity index (χ0n) is 9.14. The predicted molar refractivity (Wildman–Crippen MR) is 62.4 cm³/mol. The summed E-state index contributed by atoms with van der Waals surface area (Å²) in [4.78, 5) is 11.4. The van der Waals surface area contributed by atoms with Crippen molar-refractivity contribution in [2.24, 2.45) is 0 Å². The van der Waals surface area contributed by atoms with Crippen LogP contribution >= 0.6 is 0 Å². The highest BCUT2D eigenvalue weighted by molar-refractivity contribution is 5.40. The Kier molecular flexibility index (Phi) is 3.10. The van der Waals surface area contributed by atoms with Crippen LogP contribution in [-0.4, -0.2) is 4.57 Å². The van der Waals surface area contributed by atoms with E-state index in [2.05, 4.69) is 5.32 Å². The van der Waals surface area contributed by atoms with E-state index in [0.29, 0.717) is 13.1 Å². The van der Waals surface area contributed by atoms with Crippen LogP contribution < -0.4 is 10.9 Å². The minimum Gasteiger partial charge on any atom is -0.472 e. The molecule has 0 bridgehead atoms. The third kappa shape index (κ3) is 2.34. The molecule has 2 aromatic heterocycles. The molecule has 0 saturated heterocycles. The molecule has 0 aliphatic heterocycles. The lowest BCUT2D eigenvalue weighted by molar-refractivity contribution is 0.564. The van der Waals surface area contributed by atoms with E-state index in [1.807, 2.05) is 19.2 Å². The highest BCUT2D eigenvalue weighted by Gasteiger charge is 1.98. The monoisotopic (exact) mass is 218 g/mol. The lowest BCUT2D eigenvalue weighted by Gasteiger charge is -2.07. The van der Waals surface area contributed by atoms with Gasteiger partial charge in [0.2, 0.25) is 0 Å². The summed E-state index contributed by atoms with van der Waals surface area (Å²) >= 11 is 0. The minimum absolute atomic E-state index is 0.0244. The number of anilines is 1. The fourth-order valence-corrected chi connectivity index (χ4v) is 1.48. The van der Waals surface area contributed by atoms with Crippen molar-refractivity contribution in [3.05, 3.63) is 52.8 Å². The van der Waals surface area contributed by atoms with Crippen LogP contribution in [0.2, 0.25) is 0 Å². The van der Waals surface area contributed by atoms with Gasteiger partial charge >= 0.3 is 0 Å². The van der Waals surface area contributed by atoms with Crippen molar-refractivity contribution in [2.75, 3.05) is 5.32 Å². The van der Waals surface area contributed by atoms with Gasteiger partial charge in [0.05, 0.1) is 18.2 Å². The summed E-state index contributed by atoms with van der Waals surface area (Å²) in [5.41, 5.74) is 2.04. The average molecular weight is 218 g/mol. The van der Waals surface area contributed by atoms with Crippen LogP contribution in [-0.2, 0) is 13.1 Å². The van der Waals surface area contributed by atoms with Crippen molar-refractivity contribution in [3.8, 4) is 0 Å². The van der Waals surface area contributed by atoms with Gasteiger partial charge in [-0.2, -0.15) is 0 Å². The molecule has 0 amide bonds. The third-order valence-electron chi connectivity index (χ3n) is 2.40. The lowest BCUT2D eigenvalue weighted by atomic mass is 10.3. The van der Waals surface area contributed by atoms with Crippen molar-refractivity contribution < 1.29 is 4.42 Å². The summed E-state index contributed by atoms with van der Waals surface area (Å²) in [7, 11) is 0. The van der Waals surface area contributed by atoms with Crippen LogP contribution in [0.25, 0.3) is 0 Å². The maximum absolute atomic E-state index is 11.4. The van der Waals surface area contributed by atoms with Crippen molar-refractivity contribution in [1.29, 1.82) is 0 Å². The van der Waals surface area contributed by atoms with Crippen molar-refractivity contribution in [2.45, 2.75) is 20.0 Å². The molecule has 0 aliphatic carbocycles. The van der Waals surface area contributed by atoms with Crippen molar-refractivity contribution in [3.63, 3.8) is 0 Å². The van der Waals surface area contributed by atoms with Gasteiger partial charge in [0.15, 0.2) is 0 Å². The van der Waals surface area contributed by atoms with Crippen molar-refractivity contribution in [1.82, 2.24) is 4.57 Å². The molecule has 2 heterocycles. The summed E-state index contributed by atoms with van der Waals surface area (Å²) in [5.74, 6) is 0. The maximum Gasteiger partial charge on any atom is 0.250 e. The Morgan fingerprint density at radius 2 is 2.25 bits per heavy atom. The molecule has 84 valence electrons. The second kappa shape index (κ2) is 4.70. The molecule has 0 atom stereocenters. The third-order valence-corrected chi connectivity index (χ3v) is 2.40. The molecule has 2 rings (SSSR count). The molecule has 0 aromatic carbocycles. The number of aromatic nitrogens is 1. The fraction of sp³-hybridized carbons (Fsp3) is 0.250. The number of nitrogens with one attached hydrogen (secondary N) is 1. The number of furan rings is 1. The maximum atomic E-state index is 11.4. The Morgan fingerprint density at radius 3 is 2.94 bits per heavy atom. The predicted octanol–water partition coefficient (Wildman–Crippen LogP) is 2.07. The van der Waals surface area contributed by atoms with Gasteiger partial charge < -0.3 is 14.3 Å². The van der Waals surface area contributed by atoms with Crippen LogP contribution in [0.4, 0.5) is 5.69 Å². The van der Waals surface area contributed by atoms with Gasteiger partial charge in [-0.1, -0.05) is 0 Å². The van der Waals surface area contributed by atoms with Crippen LogP contribution in [0.3, 0.4) is 0 Å². The summed E-state index contributed by atoms with van der Waals surface area (Å²) < 4.78 is 6.64. The standard InChI is InChI=1S/C12H14N2O2/c1-2-14-8-11(3-4-12(14)15)13-7-10-5-6-16-9-10/h3-6,8-9,13H,2,7H2,1H3. The first-order valence-electron chi connectivity index (χ1n) is 5.25. The largest absolute Gasteiger partial charge is 0.472 e. The minimum atomic E-state index is 0.0244. The summed E-state index contributed by atoms with van der Waals surface area (Å²) in [6, 6.07) is 5.26. The highest BCUT2D eigenvalue weighted by atomic mass is 16.3. The second-order valence-electron chi connectivity index (χ2n) is 3.53. The van der Waals surface area contributed by atoms with E-state index in [4.69, 9.17) is 4.42 Å². The molecule has 16 heavy (non-hydrogen) atoms. The Labute approximate surface area is 93.5 Å². The molecule has 0 aliphatic rings. The quantitative estimate of drug-likeness (QED) is 0.854.